The Bertz CT molecular complexity index is 612. The van der Waals surface area contributed by atoms with E-state index in [0.29, 0.717) is 20.9 Å². The summed E-state index contributed by atoms with van der Waals surface area (Å²) >= 11 is 8.99. The van der Waals surface area contributed by atoms with E-state index in [0.717, 1.165) is 0 Å². The van der Waals surface area contributed by atoms with Crippen molar-refractivity contribution in [3.63, 3.8) is 0 Å². The molecule has 1 N–H and O–H groups in total. The molecule has 6 heteroatoms. The molecule has 0 atom stereocenters. The highest BCUT2D eigenvalue weighted by Crippen LogP contribution is 2.24. The molecule has 1 aromatic heterocycles. The van der Waals surface area contributed by atoms with Crippen molar-refractivity contribution in [3.8, 4) is 0 Å². The van der Waals surface area contributed by atoms with E-state index in [4.69, 9.17) is 11.6 Å². The number of anilines is 1. The molecule has 1 aromatic carbocycles. The molecule has 18 heavy (non-hydrogen) atoms. The second kappa shape index (κ2) is 5.12. The molecule has 0 unspecified atom stereocenters. The third kappa shape index (κ3) is 2.73. The minimum Gasteiger partial charge on any atom is -0.345 e. The maximum absolute atomic E-state index is 12.9. The normalized spacial score (nSPS) is 10.4. The Morgan fingerprint density at radius 2 is 2.17 bits per heavy atom. The zero-order valence-electron chi connectivity index (χ0n) is 9.38. The van der Waals surface area contributed by atoms with Crippen molar-refractivity contribution in [1.82, 2.24) is 4.57 Å². The molecule has 0 radical (unpaired) electrons. The van der Waals surface area contributed by atoms with Gasteiger partial charge < -0.3 is 9.88 Å². The molecule has 0 aliphatic heterocycles. The molecular formula is C12H9BrClFN2O. The van der Waals surface area contributed by atoms with Crippen LogP contribution in [0, 0.1) is 5.82 Å². The molecule has 1 heterocycles. The SMILES string of the molecule is Cn1cc(Cl)cc1C(=O)Nc1ccc(F)cc1Br. The van der Waals surface area contributed by atoms with Gasteiger partial charge in [-0.1, -0.05) is 11.6 Å². The van der Waals surface area contributed by atoms with Gasteiger partial charge in [-0.2, -0.15) is 0 Å². The number of nitrogens with one attached hydrogen (secondary N) is 1. The smallest absolute Gasteiger partial charge is 0.272 e. The molecule has 0 spiro atoms. The Morgan fingerprint density at radius 1 is 1.44 bits per heavy atom. The van der Waals surface area contributed by atoms with E-state index >= 15 is 0 Å². The van der Waals surface area contributed by atoms with Gasteiger partial charge in [0.25, 0.3) is 5.91 Å². The molecule has 0 aliphatic rings. The summed E-state index contributed by atoms with van der Waals surface area (Å²) in [5.74, 6) is -0.682. The van der Waals surface area contributed by atoms with Crippen molar-refractivity contribution in [2.75, 3.05) is 5.32 Å². The molecule has 0 fully saturated rings. The van der Waals surface area contributed by atoms with Gasteiger partial charge in [-0.3, -0.25) is 4.79 Å². The first-order valence-electron chi connectivity index (χ1n) is 5.05. The fourth-order valence-corrected chi connectivity index (χ4v) is 2.23. The van der Waals surface area contributed by atoms with Crippen LogP contribution >= 0.6 is 27.5 Å². The predicted molar refractivity (Wildman–Crippen MR) is 72.5 cm³/mol. The van der Waals surface area contributed by atoms with Crippen LogP contribution in [0.4, 0.5) is 10.1 Å². The second-order valence-corrected chi connectivity index (χ2v) is 5.02. The molecule has 3 nitrogen and oxygen atoms in total. The predicted octanol–water partition coefficient (Wildman–Crippen LogP) is 3.83. The van der Waals surface area contributed by atoms with Crippen molar-refractivity contribution in [1.29, 1.82) is 0 Å². The van der Waals surface area contributed by atoms with Gasteiger partial charge in [-0.25, -0.2) is 4.39 Å². The maximum Gasteiger partial charge on any atom is 0.272 e. The molecule has 0 bridgehead atoms. The molecule has 0 saturated carbocycles. The summed E-state index contributed by atoms with van der Waals surface area (Å²) in [5.41, 5.74) is 0.926. The van der Waals surface area contributed by atoms with Crippen LogP contribution in [0.5, 0.6) is 0 Å². The number of carbonyl (C=O) groups excluding carboxylic acids is 1. The highest BCUT2D eigenvalue weighted by molar-refractivity contribution is 9.10. The molecule has 2 aromatic rings. The largest absolute Gasteiger partial charge is 0.345 e. The van der Waals surface area contributed by atoms with Gasteiger partial charge >= 0.3 is 0 Å². The summed E-state index contributed by atoms with van der Waals surface area (Å²) in [6, 6.07) is 5.61. The average molecular weight is 332 g/mol. The lowest BCUT2D eigenvalue weighted by atomic mass is 10.3. The monoisotopic (exact) mass is 330 g/mol. The van der Waals surface area contributed by atoms with E-state index in [1.54, 1.807) is 23.9 Å². The van der Waals surface area contributed by atoms with Crippen molar-refractivity contribution in [2.24, 2.45) is 7.05 Å². The van der Waals surface area contributed by atoms with Gasteiger partial charge in [-0.15, -0.1) is 0 Å². The van der Waals surface area contributed by atoms with E-state index in [-0.39, 0.29) is 11.7 Å². The van der Waals surface area contributed by atoms with Crippen LogP contribution < -0.4 is 5.32 Å². The summed E-state index contributed by atoms with van der Waals surface area (Å²) < 4.78 is 15.0. The number of hydrogen-bond donors (Lipinski definition) is 1. The number of aromatic nitrogens is 1. The minimum atomic E-state index is -0.373. The van der Waals surface area contributed by atoms with Crippen LogP contribution in [-0.2, 0) is 7.05 Å². The summed E-state index contributed by atoms with van der Waals surface area (Å²) in [5, 5.41) is 3.16. The van der Waals surface area contributed by atoms with E-state index in [2.05, 4.69) is 21.2 Å². The average Bonchev–Trinajstić information content (AvgIpc) is 2.62. The van der Waals surface area contributed by atoms with E-state index < -0.39 is 0 Å². The third-order valence-electron chi connectivity index (χ3n) is 2.38. The van der Waals surface area contributed by atoms with Crippen molar-refractivity contribution in [3.05, 3.63) is 51.5 Å². The van der Waals surface area contributed by atoms with Gasteiger partial charge in [0.2, 0.25) is 0 Å². The zero-order chi connectivity index (χ0) is 13.3. The number of carbonyl (C=O) groups is 1. The zero-order valence-corrected chi connectivity index (χ0v) is 11.7. The van der Waals surface area contributed by atoms with Crippen molar-refractivity contribution < 1.29 is 9.18 Å². The maximum atomic E-state index is 12.9. The number of nitrogens with zero attached hydrogens (tertiary/aromatic N) is 1. The Kier molecular flexibility index (Phi) is 3.73. The van der Waals surface area contributed by atoms with E-state index in [9.17, 15) is 9.18 Å². The first-order valence-corrected chi connectivity index (χ1v) is 6.23. The summed E-state index contributed by atoms with van der Waals surface area (Å²) in [7, 11) is 1.72. The van der Waals surface area contributed by atoms with Gasteiger partial charge in [-0.05, 0) is 40.2 Å². The lowest BCUT2D eigenvalue weighted by molar-refractivity contribution is 0.101. The molecule has 0 aliphatic carbocycles. The van der Waals surface area contributed by atoms with Gasteiger partial charge in [0.15, 0.2) is 0 Å². The number of halogens is 3. The highest BCUT2D eigenvalue weighted by Gasteiger charge is 2.12. The standard InChI is InChI=1S/C12H9BrClFN2O/c1-17-6-7(14)4-11(17)12(18)16-10-3-2-8(15)5-9(10)13/h2-6H,1H3,(H,16,18). The molecule has 1 amide bonds. The third-order valence-corrected chi connectivity index (χ3v) is 3.25. The highest BCUT2D eigenvalue weighted by atomic mass is 79.9. The van der Waals surface area contributed by atoms with Gasteiger partial charge in [0.1, 0.15) is 11.5 Å². The Labute approximate surface area is 117 Å². The van der Waals surface area contributed by atoms with Crippen molar-refractivity contribution in [2.45, 2.75) is 0 Å². The number of amides is 1. The lowest BCUT2D eigenvalue weighted by Gasteiger charge is -2.07. The summed E-state index contributed by atoms with van der Waals surface area (Å²) in [4.78, 5) is 12.0. The Hall–Kier alpha value is -1.33. The number of benzene rings is 1. The molecular weight excluding hydrogens is 322 g/mol. The van der Waals surface area contributed by atoms with Crippen LogP contribution in [0.1, 0.15) is 10.5 Å². The molecule has 94 valence electrons. The van der Waals surface area contributed by atoms with Crippen LogP contribution in [0.15, 0.2) is 34.9 Å². The van der Waals surface area contributed by atoms with Crippen molar-refractivity contribution >= 4 is 39.1 Å². The van der Waals surface area contributed by atoms with E-state index in [1.807, 2.05) is 0 Å². The quantitative estimate of drug-likeness (QED) is 0.891. The lowest BCUT2D eigenvalue weighted by Crippen LogP contribution is -2.15. The first-order chi connectivity index (χ1) is 8.47. The van der Waals surface area contributed by atoms with Gasteiger partial charge in [0.05, 0.1) is 10.7 Å². The first kappa shape index (κ1) is 13.1. The van der Waals surface area contributed by atoms with Crippen LogP contribution in [0.25, 0.3) is 0 Å². The number of hydrogen-bond acceptors (Lipinski definition) is 1. The van der Waals surface area contributed by atoms with Crippen LogP contribution in [0.2, 0.25) is 5.02 Å². The second-order valence-electron chi connectivity index (χ2n) is 3.73. The Balaban J connectivity index is 2.24. The minimum absolute atomic E-state index is 0.309. The van der Waals surface area contributed by atoms with Crippen LogP contribution in [-0.4, -0.2) is 10.5 Å². The fourth-order valence-electron chi connectivity index (χ4n) is 1.53. The Morgan fingerprint density at radius 3 is 2.72 bits per heavy atom. The summed E-state index contributed by atoms with van der Waals surface area (Å²) in [6.07, 6.45) is 1.64. The topological polar surface area (TPSA) is 34.0 Å². The molecule has 2 rings (SSSR count). The fraction of sp³-hybridized carbons (Fsp3) is 0.0833. The van der Waals surface area contributed by atoms with E-state index in [1.165, 1.54) is 18.2 Å². The number of rotatable bonds is 2. The molecule has 0 saturated heterocycles. The summed E-state index contributed by atoms with van der Waals surface area (Å²) in [6.45, 7) is 0. The number of aryl methyl sites for hydroxylation is 1. The van der Waals surface area contributed by atoms with Crippen LogP contribution in [0.3, 0.4) is 0 Å². The van der Waals surface area contributed by atoms with Gasteiger partial charge in [0, 0.05) is 17.7 Å².